The summed E-state index contributed by atoms with van der Waals surface area (Å²) in [5.41, 5.74) is 5.22. The van der Waals surface area contributed by atoms with Crippen LogP contribution in [0.1, 0.15) is 26.2 Å². The van der Waals surface area contributed by atoms with Crippen molar-refractivity contribution < 1.29 is 19.1 Å². The molecule has 14 heavy (non-hydrogen) atoms. The molecule has 0 radical (unpaired) electrons. The molecule has 0 heterocycles. The largest absolute Gasteiger partial charge is 0.516 e. The van der Waals surface area contributed by atoms with E-state index in [-0.39, 0.29) is 25.4 Å². The van der Waals surface area contributed by atoms with Gasteiger partial charge in [0.15, 0.2) is 0 Å². The van der Waals surface area contributed by atoms with Gasteiger partial charge in [0, 0.05) is 6.42 Å². The van der Waals surface area contributed by atoms with E-state index < -0.39 is 12.1 Å². The quantitative estimate of drug-likeness (QED) is 0.433. The van der Waals surface area contributed by atoms with Gasteiger partial charge >= 0.3 is 12.1 Å². The third-order valence-electron chi connectivity index (χ3n) is 1.29. The second kappa shape index (κ2) is 10.3. The first-order valence-electron chi connectivity index (χ1n) is 4.28. The van der Waals surface area contributed by atoms with Crippen molar-refractivity contribution >= 4 is 24.5 Å². The Balaban J connectivity index is 0. The summed E-state index contributed by atoms with van der Waals surface area (Å²) in [6.45, 7) is 2.38. The van der Waals surface area contributed by atoms with Crippen molar-refractivity contribution in [2.24, 2.45) is 5.73 Å². The lowest BCUT2D eigenvalue weighted by atomic mass is 10.2. The Morgan fingerprint density at radius 3 is 2.43 bits per heavy atom. The van der Waals surface area contributed by atoms with E-state index in [1.54, 1.807) is 6.92 Å². The first-order valence-corrected chi connectivity index (χ1v) is 4.28. The van der Waals surface area contributed by atoms with E-state index in [1.807, 2.05) is 0 Å². The molecule has 0 unspecified atom stereocenters. The van der Waals surface area contributed by atoms with Gasteiger partial charge in [-0.3, -0.25) is 4.79 Å². The number of hydrogen-bond donors (Lipinski definition) is 1. The molecule has 0 aromatic heterocycles. The molecule has 0 amide bonds. The zero-order chi connectivity index (χ0) is 10.1. The second-order valence-electron chi connectivity index (χ2n) is 2.40. The molecule has 0 spiro atoms. The fourth-order valence-corrected chi connectivity index (χ4v) is 0.705. The highest BCUT2D eigenvalue weighted by Gasteiger charge is 2.09. The molecule has 0 saturated carbocycles. The standard InChI is InChI=1S/C8H15NO4.ClH/c1-2-12-8(11)13-7(10)5-3-4-6-9;/h2-6,9H2,1H3;1H. The van der Waals surface area contributed by atoms with E-state index in [0.29, 0.717) is 13.0 Å². The lowest BCUT2D eigenvalue weighted by Crippen LogP contribution is -2.13. The van der Waals surface area contributed by atoms with Gasteiger partial charge in [-0.1, -0.05) is 0 Å². The summed E-state index contributed by atoms with van der Waals surface area (Å²) in [6, 6.07) is 0. The maximum atomic E-state index is 10.8. The molecule has 0 atom stereocenters. The SMILES string of the molecule is CCOC(=O)OC(=O)CCCCN.Cl. The van der Waals surface area contributed by atoms with Crippen molar-refractivity contribution in [3.63, 3.8) is 0 Å². The molecular formula is C8H16ClNO4. The number of hydrogen-bond acceptors (Lipinski definition) is 5. The van der Waals surface area contributed by atoms with Crippen LogP contribution in [0.2, 0.25) is 0 Å². The molecule has 6 heteroatoms. The minimum absolute atomic E-state index is 0. The van der Waals surface area contributed by atoms with Crippen LogP contribution in [0.4, 0.5) is 4.79 Å². The zero-order valence-corrected chi connectivity index (χ0v) is 8.97. The Kier molecular flexibility index (Phi) is 11.5. The first-order chi connectivity index (χ1) is 6.20. The molecule has 0 saturated heterocycles. The van der Waals surface area contributed by atoms with Crippen LogP contribution in [-0.2, 0) is 14.3 Å². The molecule has 2 N–H and O–H groups in total. The molecule has 0 aromatic carbocycles. The Morgan fingerprint density at radius 1 is 1.29 bits per heavy atom. The highest BCUT2D eigenvalue weighted by Crippen LogP contribution is 1.97. The fraction of sp³-hybridized carbons (Fsp3) is 0.750. The fourth-order valence-electron chi connectivity index (χ4n) is 0.705. The van der Waals surface area contributed by atoms with Crippen LogP contribution in [-0.4, -0.2) is 25.3 Å². The molecule has 0 bridgehead atoms. The Bertz CT molecular complexity index is 175. The molecule has 0 aliphatic rings. The third-order valence-corrected chi connectivity index (χ3v) is 1.29. The number of ether oxygens (including phenoxy) is 2. The third kappa shape index (κ3) is 9.28. The van der Waals surface area contributed by atoms with E-state index in [9.17, 15) is 9.59 Å². The van der Waals surface area contributed by atoms with Crippen molar-refractivity contribution in [1.29, 1.82) is 0 Å². The van der Waals surface area contributed by atoms with E-state index in [2.05, 4.69) is 9.47 Å². The molecule has 5 nitrogen and oxygen atoms in total. The normalized spacial score (nSPS) is 8.71. The van der Waals surface area contributed by atoms with E-state index >= 15 is 0 Å². The smallest absolute Gasteiger partial charge is 0.434 e. The number of rotatable bonds is 5. The van der Waals surface area contributed by atoms with Crippen molar-refractivity contribution in [2.75, 3.05) is 13.2 Å². The molecule has 0 rings (SSSR count). The van der Waals surface area contributed by atoms with Crippen LogP contribution < -0.4 is 5.73 Å². The van der Waals surface area contributed by atoms with E-state index in [4.69, 9.17) is 5.73 Å². The van der Waals surface area contributed by atoms with Gasteiger partial charge in [0.05, 0.1) is 6.61 Å². The van der Waals surface area contributed by atoms with Crippen molar-refractivity contribution in [2.45, 2.75) is 26.2 Å². The van der Waals surface area contributed by atoms with Gasteiger partial charge < -0.3 is 15.2 Å². The van der Waals surface area contributed by atoms with Crippen LogP contribution in [0.25, 0.3) is 0 Å². The summed E-state index contributed by atoms with van der Waals surface area (Å²) in [4.78, 5) is 21.4. The maximum Gasteiger partial charge on any atom is 0.516 e. The molecule has 0 aliphatic carbocycles. The summed E-state index contributed by atoms with van der Waals surface area (Å²) < 4.78 is 8.71. The van der Waals surface area contributed by atoms with E-state index in [1.165, 1.54) is 0 Å². The maximum absolute atomic E-state index is 10.8. The van der Waals surface area contributed by atoms with Gasteiger partial charge in [-0.05, 0) is 26.3 Å². The molecular weight excluding hydrogens is 210 g/mol. The van der Waals surface area contributed by atoms with Gasteiger partial charge in [-0.25, -0.2) is 4.79 Å². The van der Waals surface area contributed by atoms with Gasteiger partial charge in [0.2, 0.25) is 0 Å². The minimum Gasteiger partial charge on any atom is -0.434 e. The highest BCUT2D eigenvalue weighted by atomic mass is 35.5. The lowest BCUT2D eigenvalue weighted by molar-refractivity contribution is -0.139. The number of nitrogens with two attached hydrogens (primary N) is 1. The first kappa shape index (κ1) is 15.7. The Hall–Kier alpha value is -0.810. The van der Waals surface area contributed by atoms with Crippen molar-refractivity contribution in [3.8, 4) is 0 Å². The average molecular weight is 226 g/mol. The monoisotopic (exact) mass is 225 g/mol. The molecule has 0 aliphatic heterocycles. The van der Waals surface area contributed by atoms with Gasteiger partial charge in [0.25, 0.3) is 0 Å². The number of carbonyl (C=O) groups is 2. The van der Waals surface area contributed by atoms with Crippen LogP contribution in [0.5, 0.6) is 0 Å². The Labute approximate surface area is 89.3 Å². The van der Waals surface area contributed by atoms with Crippen LogP contribution in [0.3, 0.4) is 0 Å². The predicted molar refractivity (Wildman–Crippen MR) is 53.3 cm³/mol. The summed E-state index contributed by atoms with van der Waals surface area (Å²) >= 11 is 0. The number of halogens is 1. The molecule has 0 aromatic rings. The van der Waals surface area contributed by atoms with Crippen LogP contribution >= 0.6 is 12.4 Å². The molecule has 0 fully saturated rings. The topological polar surface area (TPSA) is 78.6 Å². The van der Waals surface area contributed by atoms with Crippen LogP contribution in [0.15, 0.2) is 0 Å². The van der Waals surface area contributed by atoms with E-state index in [0.717, 1.165) is 6.42 Å². The highest BCUT2D eigenvalue weighted by molar-refractivity contribution is 5.85. The number of unbranched alkanes of at least 4 members (excludes halogenated alkanes) is 1. The minimum atomic E-state index is -0.930. The Morgan fingerprint density at radius 2 is 1.93 bits per heavy atom. The summed E-state index contributed by atoms with van der Waals surface area (Å²) in [6.07, 6.45) is 0.656. The summed E-state index contributed by atoms with van der Waals surface area (Å²) in [5.74, 6) is -0.563. The number of carbonyl (C=O) groups excluding carboxylic acids is 2. The zero-order valence-electron chi connectivity index (χ0n) is 8.15. The average Bonchev–Trinajstić information content (AvgIpc) is 2.05. The predicted octanol–water partition coefficient (Wildman–Crippen LogP) is 1.24. The van der Waals surface area contributed by atoms with Gasteiger partial charge in [0.1, 0.15) is 0 Å². The molecule has 84 valence electrons. The van der Waals surface area contributed by atoms with Crippen molar-refractivity contribution in [3.05, 3.63) is 0 Å². The summed E-state index contributed by atoms with van der Waals surface area (Å²) in [5, 5.41) is 0. The van der Waals surface area contributed by atoms with Gasteiger partial charge in [-0.2, -0.15) is 0 Å². The van der Waals surface area contributed by atoms with Gasteiger partial charge in [-0.15, -0.1) is 12.4 Å². The number of esters is 1. The summed E-state index contributed by atoms with van der Waals surface area (Å²) in [7, 11) is 0. The van der Waals surface area contributed by atoms with Crippen molar-refractivity contribution in [1.82, 2.24) is 0 Å². The lowest BCUT2D eigenvalue weighted by Gasteiger charge is -2.01. The second-order valence-corrected chi connectivity index (χ2v) is 2.40. The van der Waals surface area contributed by atoms with Crippen LogP contribution in [0, 0.1) is 0 Å².